The number of hydrogen-bond acceptors (Lipinski definition) is 4. The zero-order chi connectivity index (χ0) is 26.3. The number of aromatic nitrogens is 1. The van der Waals surface area contributed by atoms with Crippen molar-refractivity contribution in [3.8, 4) is 0 Å². The Morgan fingerprint density at radius 2 is 1.13 bits per heavy atom. The van der Waals surface area contributed by atoms with Crippen LogP contribution in [0.5, 0.6) is 0 Å². The highest BCUT2D eigenvalue weighted by molar-refractivity contribution is 5.83. The van der Waals surface area contributed by atoms with Crippen molar-refractivity contribution < 1.29 is 18.9 Å². The van der Waals surface area contributed by atoms with Gasteiger partial charge in [-0.3, -0.25) is 0 Å². The molecule has 0 aliphatic carbocycles. The number of para-hydroxylation sites is 1. The molecule has 39 heavy (non-hydrogen) atoms. The first-order valence-electron chi connectivity index (χ1n) is 13.5. The molecule has 1 saturated heterocycles. The zero-order valence-electron chi connectivity index (χ0n) is 21.8. The van der Waals surface area contributed by atoms with Crippen LogP contribution < -0.4 is 0 Å². The molecule has 5 nitrogen and oxygen atoms in total. The second-order valence-corrected chi connectivity index (χ2v) is 9.91. The minimum atomic E-state index is -0.321. The van der Waals surface area contributed by atoms with Gasteiger partial charge in [-0.25, -0.2) is 0 Å². The summed E-state index contributed by atoms with van der Waals surface area (Å²) in [5.74, 6) is 0. The number of rotatable bonds is 11. The van der Waals surface area contributed by atoms with Crippen LogP contribution in [0, 0.1) is 0 Å². The molecular formula is C34H33NO4. The molecule has 4 atom stereocenters. The Hall–Kier alpha value is -3.74. The van der Waals surface area contributed by atoms with Gasteiger partial charge in [0.05, 0.1) is 26.4 Å². The molecule has 6 rings (SSSR count). The van der Waals surface area contributed by atoms with Gasteiger partial charge in [-0.2, -0.15) is 0 Å². The lowest BCUT2D eigenvalue weighted by molar-refractivity contribution is -0.0898. The van der Waals surface area contributed by atoms with E-state index in [2.05, 4.69) is 59.6 Å². The van der Waals surface area contributed by atoms with Gasteiger partial charge in [0, 0.05) is 22.7 Å². The normalized spacial score (nSPS) is 20.9. The van der Waals surface area contributed by atoms with E-state index in [1.807, 2.05) is 66.9 Å². The van der Waals surface area contributed by atoms with Gasteiger partial charge in [0.15, 0.2) is 0 Å². The number of ether oxygens (including phenoxy) is 4. The van der Waals surface area contributed by atoms with Crippen molar-refractivity contribution in [2.45, 2.75) is 44.2 Å². The van der Waals surface area contributed by atoms with Crippen LogP contribution in [0.25, 0.3) is 10.9 Å². The van der Waals surface area contributed by atoms with E-state index in [0.717, 1.165) is 33.2 Å². The molecule has 1 fully saturated rings. The lowest BCUT2D eigenvalue weighted by Crippen LogP contribution is -2.37. The number of aromatic amines is 1. The van der Waals surface area contributed by atoms with Crippen LogP contribution in [0.1, 0.15) is 28.4 Å². The van der Waals surface area contributed by atoms with Crippen LogP contribution in [-0.2, 0) is 38.8 Å². The second-order valence-electron chi connectivity index (χ2n) is 9.91. The number of fused-ring (bicyclic) bond motifs is 1. The number of hydrogen-bond donors (Lipinski definition) is 1. The van der Waals surface area contributed by atoms with Gasteiger partial charge in [-0.1, -0.05) is 109 Å². The summed E-state index contributed by atoms with van der Waals surface area (Å²) in [6.45, 7) is 1.85. The molecule has 4 aromatic carbocycles. The maximum absolute atomic E-state index is 6.76. The molecule has 0 bridgehead atoms. The first kappa shape index (κ1) is 25.5. The van der Waals surface area contributed by atoms with E-state index in [1.54, 1.807) is 0 Å². The zero-order valence-corrected chi connectivity index (χ0v) is 21.8. The fraction of sp³-hybridized carbons (Fsp3) is 0.235. The van der Waals surface area contributed by atoms with Crippen molar-refractivity contribution in [3.05, 3.63) is 144 Å². The lowest BCUT2D eigenvalue weighted by atomic mass is 10.00. The first-order chi connectivity index (χ1) is 19.3. The predicted octanol–water partition coefficient (Wildman–Crippen LogP) is 7.00. The maximum Gasteiger partial charge on any atom is 0.117 e. The Kier molecular flexibility index (Phi) is 8.13. The monoisotopic (exact) mass is 519 g/mol. The van der Waals surface area contributed by atoms with Crippen LogP contribution >= 0.6 is 0 Å². The molecule has 5 aromatic rings. The molecule has 0 spiro atoms. The summed E-state index contributed by atoms with van der Waals surface area (Å²) in [6, 6.07) is 39.0. The fourth-order valence-electron chi connectivity index (χ4n) is 5.23. The second kappa shape index (κ2) is 12.4. The summed E-state index contributed by atoms with van der Waals surface area (Å²) in [7, 11) is 0. The molecule has 1 aromatic heterocycles. The van der Waals surface area contributed by atoms with Crippen LogP contribution in [0.2, 0.25) is 0 Å². The largest absolute Gasteiger partial charge is 0.374 e. The minimum Gasteiger partial charge on any atom is -0.374 e. The third kappa shape index (κ3) is 6.13. The summed E-state index contributed by atoms with van der Waals surface area (Å²) in [6.07, 6.45) is 0.796. The third-order valence-electron chi connectivity index (χ3n) is 7.20. The predicted molar refractivity (Wildman–Crippen MR) is 152 cm³/mol. The standard InChI is InChI=1S/C34H33NO4/c1-4-12-25(13-5-1)21-36-24-31-33(37-22-26-14-6-2-7-15-26)34(38-23-27-16-8-3-9-17-27)32(39-31)29-20-35-30-19-11-10-18-28(29)30/h1-20,31-35H,21-24H2/t31-,32+,33-,34+/m1/s1. The number of H-pyrrole nitrogens is 1. The topological polar surface area (TPSA) is 52.7 Å². The van der Waals surface area contributed by atoms with Crippen molar-refractivity contribution in [2.24, 2.45) is 0 Å². The quantitative estimate of drug-likeness (QED) is 0.204. The van der Waals surface area contributed by atoms with Crippen LogP contribution in [0.15, 0.2) is 121 Å². The number of benzene rings is 4. The van der Waals surface area contributed by atoms with E-state index >= 15 is 0 Å². The van der Waals surface area contributed by atoms with E-state index in [1.165, 1.54) is 0 Å². The lowest BCUT2D eigenvalue weighted by Gasteiger charge is -2.25. The van der Waals surface area contributed by atoms with Crippen LogP contribution in [0.3, 0.4) is 0 Å². The van der Waals surface area contributed by atoms with Crippen molar-refractivity contribution in [2.75, 3.05) is 6.61 Å². The molecule has 0 unspecified atom stereocenters. The highest BCUT2D eigenvalue weighted by Gasteiger charge is 2.47. The Morgan fingerprint density at radius 3 is 1.77 bits per heavy atom. The molecule has 2 heterocycles. The summed E-state index contributed by atoms with van der Waals surface area (Å²) in [5.41, 5.74) is 5.49. The van der Waals surface area contributed by atoms with Gasteiger partial charge in [-0.15, -0.1) is 0 Å². The van der Waals surface area contributed by atoms with Gasteiger partial charge in [0.25, 0.3) is 0 Å². The van der Waals surface area contributed by atoms with Crippen molar-refractivity contribution in [3.63, 3.8) is 0 Å². The van der Waals surface area contributed by atoms with Crippen molar-refractivity contribution in [1.29, 1.82) is 0 Å². The van der Waals surface area contributed by atoms with Gasteiger partial charge in [-0.05, 0) is 22.8 Å². The molecule has 0 amide bonds. The van der Waals surface area contributed by atoms with Crippen LogP contribution in [0.4, 0.5) is 0 Å². The van der Waals surface area contributed by atoms with Crippen LogP contribution in [-0.4, -0.2) is 29.9 Å². The van der Waals surface area contributed by atoms with E-state index in [9.17, 15) is 0 Å². The summed E-state index contributed by atoms with van der Waals surface area (Å²) >= 11 is 0. The molecular weight excluding hydrogens is 486 g/mol. The molecule has 0 saturated carbocycles. The summed E-state index contributed by atoms with van der Waals surface area (Å²) < 4.78 is 26.2. The van der Waals surface area contributed by atoms with E-state index in [0.29, 0.717) is 26.4 Å². The maximum atomic E-state index is 6.76. The van der Waals surface area contributed by atoms with E-state index < -0.39 is 0 Å². The highest BCUT2D eigenvalue weighted by Crippen LogP contribution is 2.41. The summed E-state index contributed by atoms with van der Waals surface area (Å²) in [5, 5.41) is 1.13. The molecule has 1 aliphatic rings. The van der Waals surface area contributed by atoms with E-state index in [4.69, 9.17) is 18.9 Å². The van der Waals surface area contributed by atoms with Gasteiger partial charge in [0.2, 0.25) is 0 Å². The van der Waals surface area contributed by atoms with Gasteiger partial charge >= 0.3 is 0 Å². The molecule has 1 aliphatic heterocycles. The minimum absolute atomic E-state index is 0.295. The molecule has 1 N–H and O–H groups in total. The van der Waals surface area contributed by atoms with Gasteiger partial charge in [0.1, 0.15) is 24.4 Å². The summed E-state index contributed by atoms with van der Waals surface area (Å²) in [4.78, 5) is 3.40. The SMILES string of the molecule is c1ccc(COC[C@H]2O[C@@H](c3c[nH]c4ccccc34)[C@H](OCc3ccccc3)[C@@H]2OCc2ccccc2)cc1. The molecule has 5 heteroatoms. The molecule has 0 radical (unpaired) electrons. The van der Waals surface area contributed by atoms with Crippen molar-refractivity contribution >= 4 is 10.9 Å². The highest BCUT2D eigenvalue weighted by atomic mass is 16.6. The first-order valence-corrected chi connectivity index (χ1v) is 13.5. The average Bonchev–Trinajstić information content (AvgIpc) is 3.57. The Balaban J connectivity index is 1.28. The third-order valence-corrected chi connectivity index (χ3v) is 7.20. The van der Waals surface area contributed by atoms with Crippen molar-refractivity contribution in [1.82, 2.24) is 4.98 Å². The Labute approximate surface area is 229 Å². The smallest absolute Gasteiger partial charge is 0.117 e. The van der Waals surface area contributed by atoms with Gasteiger partial charge < -0.3 is 23.9 Å². The molecule has 198 valence electrons. The average molecular weight is 520 g/mol. The van der Waals surface area contributed by atoms with E-state index in [-0.39, 0.29) is 24.4 Å². The number of nitrogens with one attached hydrogen (secondary N) is 1. The fourth-order valence-corrected chi connectivity index (χ4v) is 5.23. The Morgan fingerprint density at radius 1 is 0.590 bits per heavy atom. The Bertz CT molecular complexity index is 1440.